The number of terminal acetylenes is 1. The summed E-state index contributed by atoms with van der Waals surface area (Å²) in [6.45, 7) is 1.93. The molecule has 0 amide bonds. The fourth-order valence-corrected chi connectivity index (χ4v) is 1.20. The van der Waals surface area contributed by atoms with Gasteiger partial charge in [-0.3, -0.25) is 4.98 Å². The quantitative estimate of drug-likeness (QED) is 0.711. The van der Waals surface area contributed by atoms with Crippen LogP contribution in [0.15, 0.2) is 18.3 Å². The summed E-state index contributed by atoms with van der Waals surface area (Å²) >= 11 is 0. The third-order valence-electron chi connectivity index (χ3n) is 1.93. The molecule has 0 spiro atoms. The Morgan fingerprint density at radius 1 is 1.69 bits per heavy atom. The van der Waals surface area contributed by atoms with Gasteiger partial charge >= 0.3 is 0 Å². The predicted molar refractivity (Wildman–Crippen MR) is 52.0 cm³/mol. The number of hydrogen-bond acceptors (Lipinski definition) is 2. The van der Waals surface area contributed by atoms with E-state index in [0.29, 0.717) is 12.8 Å². The van der Waals surface area contributed by atoms with Crippen molar-refractivity contribution in [3.05, 3.63) is 29.6 Å². The highest BCUT2D eigenvalue weighted by Gasteiger charge is 2.09. The van der Waals surface area contributed by atoms with E-state index in [1.807, 2.05) is 19.1 Å². The Kier molecular flexibility index (Phi) is 3.48. The Labute approximate surface area is 78.6 Å². The van der Waals surface area contributed by atoms with E-state index in [-0.39, 0.29) is 0 Å². The minimum Gasteiger partial charge on any atom is -0.387 e. The molecule has 1 N–H and O–H groups in total. The zero-order valence-electron chi connectivity index (χ0n) is 7.70. The van der Waals surface area contributed by atoms with E-state index in [9.17, 15) is 5.11 Å². The molecule has 0 radical (unpaired) electrons. The molecule has 1 atom stereocenters. The third kappa shape index (κ3) is 2.57. The van der Waals surface area contributed by atoms with Gasteiger partial charge in [0.15, 0.2) is 0 Å². The number of aromatic nitrogens is 1. The van der Waals surface area contributed by atoms with Crippen LogP contribution in [0.2, 0.25) is 0 Å². The summed E-state index contributed by atoms with van der Waals surface area (Å²) in [6.07, 6.45) is 7.42. The van der Waals surface area contributed by atoms with Gasteiger partial charge in [-0.1, -0.05) is 6.07 Å². The number of aryl methyl sites for hydroxylation is 1. The molecule has 0 aliphatic carbocycles. The molecule has 2 heteroatoms. The summed E-state index contributed by atoms with van der Waals surface area (Å²) in [4.78, 5) is 4.11. The lowest BCUT2D eigenvalue weighted by molar-refractivity contribution is 0.164. The van der Waals surface area contributed by atoms with Crippen LogP contribution in [0, 0.1) is 19.3 Å². The minimum absolute atomic E-state index is 0.530. The van der Waals surface area contributed by atoms with Gasteiger partial charge in [0, 0.05) is 12.6 Å². The summed E-state index contributed by atoms with van der Waals surface area (Å²) in [6, 6.07) is 3.79. The van der Waals surface area contributed by atoms with Crippen molar-refractivity contribution in [3.63, 3.8) is 0 Å². The molecule has 1 heterocycles. The van der Waals surface area contributed by atoms with Crippen LogP contribution in [0.25, 0.3) is 0 Å². The van der Waals surface area contributed by atoms with E-state index < -0.39 is 6.10 Å². The van der Waals surface area contributed by atoms with Crippen molar-refractivity contribution < 1.29 is 5.11 Å². The molecule has 0 aliphatic rings. The molecule has 0 aromatic carbocycles. The summed E-state index contributed by atoms with van der Waals surface area (Å²) in [5.74, 6) is 2.50. The Morgan fingerprint density at radius 3 is 3.08 bits per heavy atom. The second kappa shape index (κ2) is 4.64. The maximum atomic E-state index is 9.67. The van der Waals surface area contributed by atoms with Gasteiger partial charge in [-0.2, -0.15) is 0 Å². The number of rotatable bonds is 3. The van der Waals surface area contributed by atoms with Crippen molar-refractivity contribution in [1.29, 1.82) is 0 Å². The number of pyridine rings is 1. The van der Waals surface area contributed by atoms with E-state index in [1.165, 1.54) is 0 Å². The molecule has 0 saturated carbocycles. The normalized spacial score (nSPS) is 12.1. The second-order valence-electron chi connectivity index (χ2n) is 2.96. The lowest BCUT2D eigenvalue weighted by Gasteiger charge is -2.10. The highest BCUT2D eigenvalue weighted by molar-refractivity contribution is 5.19. The minimum atomic E-state index is -0.530. The Morgan fingerprint density at radius 2 is 2.46 bits per heavy atom. The van der Waals surface area contributed by atoms with E-state index in [2.05, 4.69) is 10.9 Å². The SMILES string of the molecule is C#CCCC(O)c1ncccc1C. The molecule has 1 aromatic heterocycles. The van der Waals surface area contributed by atoms with Crippen molar-refractivity contribution in [2.75, 3.05) is 0 Å². The first-order valence-electron chi connectivity index (χ1n) is 4.28. The molecular weight excluding hydrogens is 162 g/mol. The Bertz CT molecular complexity index is 314. The Balaban J connectivity index is 2.72. The average molecular weight is 175 g/mol. The summed E-state index contributed by atoms with van der Waals surface area (Å²) in [7, 11) is 0. The van der Waals surface area contributed by atoms with Gasteiger partial charge < -0.3 is 5.11 Å². The van der Waals surface area contributed by atoms with Crippen LogP contribution in [-0.2, 0) is 0 Å². The first-order valence-corrected chi connectivity index (χ1v) is 4.28. The van der Waals surface area contributed by atoms with Crippen molar-refractivity contribution in [3.8, 4) is 12.3 Å². The van der Waals surface area contributed by atoms with Crippen LogP contribution in [0.4, 0.5) is 0 Å². The number of aliphatic hydroxyl groups is 1. The molecule has 2 nitrogen and oxygen atoms in total. The van der Waals surface area contributed by atoms with Crippen LogP contribution in [0.1, 0.15) is 30.2 Å². The fourth-order valence-electron chi connectivity index (χ4n) is 1.20. The van der Waals surface area contributed by atoms with E-state index in [1.54, 1.807) is 6.20 Å². The van der Waals surface area contributed by atoms with Gasteiger partial charge in [0.05, 0.1) is 11.8 Å². The van der Waals surface area contributed by atoms with Crippen LogP contribution in [-0.4, -0.2) is 10.1 Å². The molecule has 0 saturated heterocycles. The highest BCUT2D eigenvalue weighted by atomic mass is 16.3. The van der Waals surface area contributed by atoms with Crippen molar-refractivity contribution >= 4 is 0 Å². The van der Waals surface area contributed by atoms with Crippen molar-refractivity contribution in [2.24, 2.45) is 0 Å². The smallest absolute Gasteiger partial charge is 0.0971 e. The molecular formula is C11H13NO. The number of nitrogens with zero attached hydrogens (tertiary/aromatic N) is 1. The lowest BCUT2D eigenvalue weighted by atomic mass is 10.1. The fraction of sp³-hybridized carbons (Fsp3) is 0.364. The van der Waals surface area contributed by atoms with Gasteiger partial charge in [0.25, 0.3) is 0 Å². The Hall–Kier alpha value is -1.33. The topological polar surface area (TPSA) is 33.1 Å². The van der Waals surface area contributed by atoms with Gasteiger partial charge in [0.2, 0.25) is 0 Å². The summed E-state index contributed by atoms with van der Waals surface area (Å²) < 4.78 is 0. The third-order valence-corrected chi connectivity index (χ3v) is 1.93. The predicted octanol–water partition coefficient (Wildman–Crippen LogP) is 1.84. The van der Waals surface area contributed by atoms with Crippen molar-refractivity contribution in [2.45, 2.75) is 25.9 Å². The van der Waals surface area contributed by atoms with Crippen LogP contribution >= 0.6 is 0 Å². The molecule has 68 valence electrons. The standard InChI is InChI=1S/C11H13NO/c1-3-4-7-10(13)11-9(2)6-5-8-12-11/h1,5-6,8,10,13H,4,7H2,2H3. The van der Waals surface area contributed by atoms with E-state index in [4.69, 9.17) is 6.42 Å². The number of hydrogen-bond donors (Lipinski definition) is 1. The van der Waals surface area contributed by atoms with Gasteiger partial charge in [-0.05, 0) is 25.0 Å². The lowest BCUT2D eigenvalue weighted by Crippen LogP contribution is -2.02. The highest BCUT2D eigenvalue weighted by Crippen LogP contribution is 2.18. The average Bonchev–Trinajstić information content (AvgIpc) is 2.15. The first kappa shape index (κ1) is 9.76. The van der Waals surface area contributed by atoms with Crippen LogP contribution < -0.4 is 0 Å². The largest absolute Gasteiger partial charge is 0.387 e. The molecule has 13 heavy (non-hydrogen) atoms. The molecule has 1 aromatic rings. The number of aliphatic hydroxyl groups excluding tert-OH is 1. The molecule has 1 rings (SSSR count). The zero-order chi connectivity index (χ0) is 9.68. The maximum Gasteiger partial charge on any atom is 0.0971 e. The molecule has 1 unspecified atom stereocenters. The molecule has 0 aliphatic heterocycles. The van der Waals surface area contributed by atoms with Crippen LogP contribution in [0.3, 0.4) is 0 Å². The van der Waals surface area contributed by atoms with Gasteiger partial charge in [0.1, 0.15) is 0 Å². The van der Waals surface area contributed by atoms with Gasteiger partial charge in [-0.25, -0.2) is 0 Å². The summed E-state index contributed by atoms with van der Waals surface area (Å²) in [5, 5.41) is 9.67. The first-order chi connectivity index (χ1) is 6.25. The zero-order valence-corrected chi connectivity index (χ0v) is 7.70. The molecule has 0 bridgehead atoms. The van der Waals surface area contributed by atoms with Gasteiger partial charge in [-0.15, -0.1) is 12.3 Å². The maximum absolute atomic E-state index is 9.67. The van der Waals surface area contributed by atoms with E-state index in [0.717, 1.165) is 11.3 Å². The molecule has 0 fully saturated rings. The van der Waals surface area contributed by atoms with Crippen molar-refractivity contribution in [1.82, 2.24) is 4.98 Å². The van der Waals surface area contributed by atoms with E-state index >= 15 is 0 Å². The van der Waals surface area contributed by atoms with Crippen LogP contribution in [0.5, 0.6) is 0 Å². The monoisotopic (exact) mass is 175 g/mol. The second-order valence-corrected chi connectivity index (χ2v) is 2.96. The summed E-state index contributed by atoms with van der Waals surface area (Å²) in [5.41, 5.74) is 1.74.